The van der Waals surface area contributed by atoms with E-state index in [1.54, 1.807) is 0 Å². The Hall–Kier alpha value is -2.28. The normalized spacial score (nSPS) is 16.0. The lowest BCUT2D eigenvalue weighted by Gasteiger charge is -2.27. The SMILES string of the molecule is C#CCNC(=O)COC(=O)C1(c2ccccc2)CCCC1. The molecule has 0 aromatic heterocycles. The van der Waals surface area contributed by atoms with Crippen LogP contribution in [0.1, 0.15) is 31.2 Å². The lowest BCUT2D eigenvalue weighted by molar-refractivity contribution is -0.154. The van der Waals surface area contributed by atoms with Crippen molar-refractivity contribution in [3.8, 4) is 12.3 Å². The summed E-state index contributed by atoms with van der Waals surface area (Å²) in [4.78, 5) is 24.0. The maximum Gasteiger partial charge on any atom is 0.317 e. The van der Waals surface area contributed by atoms with Gasteiger partial charge in [-0.1, -0.05) is 49.1 Å². The Bertz CT molecular complexity index is 539. The first-order valence-corrected chi connectivity index (χ1v) is 7.12. The highest BCUT2D eigenvalue weighted by molar-refractivity contribution is 5.86. The Labute approximate surface area is 124 Å². The van der Waals surface area contributed by atoms with Crippen LogP contribution in [0.3, 0.4) is 0 Å². The van der Waals surface area contributed by atoms with E-state index in [2.05, 4.69) is 11.2 Å². The van der Waals surface area contributed by atoms with Gasteiger partial charge in [-0.2, -0.15) is 0 Å². The van der Waals surface area contributed by atoms with Gasteiger partial charge in [-0.3, -0.25) is 9.59 Å². The molecular weight excluding hydrogens is 266 g/mol. The molecule has 4 nitrogen and oxygen atoms in total. The zero-order valence-corrected chi connectivity index (χ0v) is 11.9. The fourth-order valence-corrected chi connectivity index (χ4v) is 2.82. The molecule has 0 spiro atoms. The van der Waals surface area contributed by atoms with Crippen LogP contribution in [0.4, 0.5) is 0 Å². The van der Waals surface area contributed by atoms with Gasteiger partial charge < -0.3 is 10.1 Å². The topological polar surface area (TPSA) is 55.4 Å². The molecular formula is C17H19NO3. The Morgan fingerprint density at radius 1 is 1.24 bits per heavy atom. The molecule has 21 heavy (non-hydrogen) atoms. The Kier molecular flexibility index (Phi) is 4.99. The number of nitrogens with one attached hydrogen (secondary N) is 1. The molecule has 0 heterocycles. The minimum absolute atomic E-state index is 0.139. The molecule has 0 aliphatic heterocycles. The summed E-state index contributed by atoms with van der Waals surface area (Å²) < 4.78 is 5.22. The van der Waals surface area contributed by atoms with E-state index in [4.69, 9.17) is 11.2 Å². The molecule has 0 unspecified atom stereocenters. The van der Waals surface area contributed by atoms with E-state index >= 15 is 0 Å². The second kappa shape index (κ2) is 6.94. The van der Waals surface area contributed by atoms with Gasteiger partial charge in [0.25, 0.3) is 5.91 Å². The number of carbonyl (C=O) groups is 2. The highest BCUT2D eigenvalue weighted by Crippen LogP contribution is 2.42. The smallest absolute Gasteiger partial charge is 0.317 e. The van der Waals surface area contributed by atoms with Gasteiger partial charge in [0.1, 0.15) is 0 Å². The van der Waals surface area contributed by atoms with Gasteiger partial charge in [-0.05, 0) is 18.4 Å². The lowest BCUT2D eigenvalue weighted by atomic mass is 9.79. The molecule has 1 aromatic carbocycles. The third-order valence-electron chi connectivity index (χ3n) is 3.90. The number of hydrogen-bond acceptors (Lipinski definition) is 3. The van der Waals surface area contributed by atoms with Gasteiger partial charge in [0.05, 0.1) is 12.0 Å². The summed E-state index contributed by atoms with van der Waals surface area (Å²) in [5.74, 6) is 1.61. The lowest BCUT2D eigenvalue weighted by Crippen LogP contribution is -2.37. The number of hydrogen-bond donors (Lipinski definition) is 1. The quantitative estimate of drug-likeness (QED) is 0.663. The molecule has 1 saturated carbocycles. The van der Waals surface area contributed by atoms with E-state index in [-0.39, 0.29) is 25.0 Å². The molecule has 1 N–H and O–H groups in total. The van der Waals surface area contributed by atoms with Crippen molar-refractivity contribution in [3.05, 3.63) is 35.9 Å². The van der Waals surface area contributed by atoms with E-state index in [9.17, 15) is 9.59 Å². The molecule has 110 valence electrons. The van der Waals surface area contributed by atoms with Crippen molar-refractivity contribution in [2.75, 3.05) is 13.2 Å². The Morgan fingerprint density at radius 2 is 1.90 bits per heavy atom. The summed E-state index contributed by atoms with van der Waals surface area (Å²) in [6.07, 6.45) is 8.57. The first-order chi connectivity index (χ1) is 10.2. The van der Waals surface area contributed by atoms with Crippen LogP contribution in [0, 0.1) is 12.3 Å². The zero-order chi connectivity index (χ0) is 15.1. The fraction of sp³-hybridized carbons (Fsp3) is 0.412. The largest absolute Gasteiger partial charge is 0.455 e. The van der Waals surface area contributed by atoms with Crippen LogP contribution in [0.5, 0.6) is 0 Å². The summed E-state index contributed by atoms with van der Waals surface area (Å²) in [6.45, 7) is -0.144. The summed E-state index contributed by atoms with van der Waals surface area (Å²) in [5, 5.41) is 2.48. The number of terminal acetylenes is 1. The molecule has 0 radical (unpaired) electrons. The third kappa shape index (κ3) is 3.43. The Morgan fingerprint density at radius 3 is 2.52 bits per heavy atom. The standard InChI is InChI=1S/C17H19NO3/c1-2-12-18-15(19)13-21-16(20)17(10-6-7-11-17)14-8-4-3-5-9-14/h1,3-5,8-9H,6-7,10-13H2,(H,18,19). The minimum atomic E-state index is -0.604. The average Bonchev–Trinajstić information content (AvgIpc) is 3.02. The van der Waals surface area contributed by atoms with E-state index in [0.29, 0.717) is 0 Å². The number of rotatable bonds is 5. The number of ether oxygens (including phenoxy) is 1. The molecule has 1 aliphatic rings. The van der Waals surface area contributed by atoms with Gasteiger partial charge >= 0.3 is 5.97 Å². The highest BCUT2D eigenvalue weighted by atomic mass is 16.5. The van der Waals surface area contributed by atoms with Gasteiger partial charge in [0.2, 0.25) is 0 Å². The molecule has 0 atom stereocenters. The van der Waals surface area contributed by atoms with Crippen LogP contribution in [0.2, 0.25) is 0 Å². The van der Waals surface area contributed by atoms with Crippen LogP contribution in [0.25, 0.3) is 0 Å². The van der Waals surface area contributed by atoms with Crippen molar-refractivity contribution in [2.24, 2.45) is 0 Å². The van der Waals surface area contributed by atoms with Crippen molar-refractivity contribution in [1.29, 1.82) is 0 Å². The Balaban J connectivity index is 2.04. The summed E-state index contributed by atoms with van der Waals surface area (Å²) in [6, 6.07) is 9.66. The maximum absolute atomic E-state index is 12.5. The van der Waals surface area contributed by atoms with Crippen molar-refractivity contribution >= 4 is 11.9 Å². The monoisotopic (exact) mass is 285 g/mol. The van der Waals surface area contributed by atoms with Crippen LogP contribution in [0.15, 0.2) is 30.3 Å². The van der Waals surface area contributed by atoms with Crippen molar-refractivity contribution < 1.29 is 14.3 Å². The van der Waals surface area contributed by atoms with E-state index < -0.39 is 5.41 Å². The first-order valence-electron chi connectivity index (χ1n) is 7.12. The van der Waals surface area contributed by atoms with Crippen molar-refractivity contribution in [3.63, 3.8) is 0 Å². The second-order valence-electron chi connectivity index (χ2n) is 5.21. The van der Waals surface area contributed by atoms with Gasteiger partial charge in [0, 0.05) is 0 Å². The minimum Gasteiger partial charge on any atom is -0.455 e. The molecule has 0 bridgehead atoms. The second-order valence-corrected chi connectivity index (χ2v) is 5.21. The van der Waals surface area contributed by atoms with Crippen LogP contribution < -0.4 is 5.32 Å². The van der Waals surface area contributed by atoms with Crippen LogP contribution in [-0.4, -0.2) is 25.0 Å². The molecule has 0 saturated heterocycles. The molecule has 1 aliphatic carbocycles. The summed E-state index contributed by atoms with van der Waals surface area (Å²) >= 11 is 0. The number of benzene rings is 1. The third-order valence-corrected chi connectivity index (χ3v) is 3.90. The van der Waals surface area contributed by atoms with E-state index in [1.807, 2.05) is 30.3 Å². The summed E-state index contributed by atoms with van der Waals surface area (Å²) in [7, 11) is 0. The number of esters is 1. The first kappa shape index (κ1) is 15.1. The number of amides is 1. The molecule has 1 aromatic rings. The van der Waals surface area contributed by atoms with Gasteiger partial charge in [-0.25, -0.2) is 0 Å². The molecule has 1 fully saturated rings. The highest BCUT2D eigenvalue weighted by Gasteiger charge is 2.44. The summed E-state index contributed by atoms with van der Waals surface area (Å²) in [5.41, 5.74) is 0.365. The van der Waals surface area contributed by atoms with Crippen molar-refractivity contribution in [1.82, 2.24) is 5.32 Å². The van der Waals surface area contributed by atoms with Crippen LogP contribution >= 0.6 is 0 Å². The molecule has 1 amide bonds. The van der Waals surface area contributed by atoms with Gasteiger partial charge in [-0.15, -0.1) is 6.42 Å². The predicted molar refractivity (Wildman–Crippen MR) is 79.4 cm³/mol. The number of carbonyl (C=O) groups excluding carboxylic acids is 2. The molecule has 4 heteroatoms. The maximum atomic E-state index is 12.5. The average molecular weight is 285 g/mol. The van der Waals surface area contributed by atoms with E-state index in [0.717, 1.165) is 31.2 Å². The van der Waals surface area contributed by atoms with Gasteiger partial charge in [0.15, 0.2) is 6.61 Å². The zero-order valence-electron chi connectivity index (χ0n) is 11.9. The van der Waals surface area contributed by atoms with Crippen LogP contribution in [-0.2, 0) is 19.7 Å². The fourth-order valence-electron chi connectivity index (χ4n) is 2.82. The molecule has 2 rings (SSSR count). The predicted octanol–water partition coefficient (Wildman–Crippen LogP) is 1.79. The van der Waals surface area contributed by atoms with Crippen molar-refractivity contribution in [2.45, 2.75) is 31.1 Å². The van der Waals surface area contributed by atoms with E-state index in [1.165, 1.54) is 0 Å².